The van der Waals surface area contributed by atoms with Gasteiger partial charge in [0.1, 0.15) is 0 Å². The van der Waals surface area contributed by atoms with Gasteiger partial charge in [-0.15, -0.1) is 0 Å². The summed E-state index contributed by atoms with van der Waals surface area (Å²) < 4.78 is 0. The van der Waals surface area contributed by atoms with Gasteiger partial charge < -0.3 is 10.2 Å². The fraction of sp³-hybridized carbons (Fsp3) is 0.682. The van der Waals surface area contributed by atoms with Gasteiger partial charge in [-0.3, -0.25) is 14.9 Å². The van der Waals surface area contributed by atoms with E-state index in [0.29, 0.717) is 23.1 Å². The lowest BCUT2D eigenvalue weighted by molar-refractivity contribution is -0.384. The predicted molar refractivity (Wildman–Crippen MR) is 109 cm³/mol. The fourth-order valence-electron chi connectivity index (χ4n) is 6.54. The number of nitrogens with zero attached hydrogens (tertiary/aromatic N) is 2. The Hall–Kier alpha value is -1.95. The van der Waals surface area contributed by atoms with Crippen LogP contribution in [0.5, 0.6) is 0 Å². The zero-order chi connectivity index (χ0) is 19.9. The van der Waals surface area contributed by atoms with Crippen molar-refractivity contribution >= 4 is 17.3 Å². The fourth-order valence-corrected chi connectivity index (χ4v) is 6.54. The van der Waals surface area contributed by atoms with Crippen molar-refractivity contribution in [2.45, 2.75) is 51.9 Å². The number of hydrogen-bond acceptors (Lipinski definition) is 4. The Labute approximate surface area is 166 Å². The third-order valence-electron chi connectivity index (χ3n) is 7.19. The topological polar surface area (TPSA) is 75.5 Å². The van der Waals surface area contributed by atoms with E-state index in [1.807, 2.05) is 0 Å². The Kier molecular flexibility index (Phi) is 5.17. The van der Waals surface area contributed by atoms with Gasteiger partial charge in [-0.2, -0.15) is 0 Å². The van der Waals surface area contributed by atoms with E-state index < -0.39 is 4.92 Å². The smallest absolute Gasteiger partial charge is 0.269 e. The molecule has 4 bridgehead atoms. The Balaban J connectivity index is 1.27. The van der Waals surface area contributed by atoms with Gasteiger partial charge in [0, 0.05) is 37.3 Å². The monoisotopic (exact) mass is 385 g/mol. The average molecular weight is 386 g/mol. The highest BCUT2D eigenvalue weighted by molar-refractivity contribution is 5.91. The Morgan fingerprint density at radius 2 is 1.82 bits per heavy atom. The minimum absolute atomic E-state index is 0.0330. The van der Waals surface area contributed by atoms with E-state index in [9.17, 15) is 14.9 Å². The zero-order valence-electron chi connectivity index (χ0n) is 16.9. The van der Waals surface area contributed by atoms with Crippen LogP contribution in [0.1, 0.15) is 50.5 Å². The van der Waals surface area contributed by atoms with Crippen molar-refractivity contribution in [2.75, 3.05) is 25.5 Å². The summed E-state index contributed by atoms with van der Waals surface area (Å²) in [6, 6.07) is 4.54. The Bertz CT molecular complexity index is 741. The quantitative estimate of drug-likeness (QED) is 0.558. The summed E-state index contributed by atoms with van der Waals surface area (Å²) in [5, 5.41) is 13.7. The third-order valence-corrected chi connectivity index (χ3v) is 7.19. The minimum atomic E-state index is -0.419. The summed E-state index contributed by atoms with van der Waals surface area (Å²) in [6.07, 6.45) is 8.98. The second-order valence-electron chi connectivity index (χ2n) is 9.71. The standard InChI is InChI=1S/C22H31N3O3/c1-15-7-19(25(27)28)3-4-20(15)23-21(26)5-6-24(2)14-22-11-16-8-17(12-22)10-18(9-16)13-22/h3-4,7,16-18H,5-6,8-14H2,1-2H3,(H,23,26). The number of rotatable bonds is 7. The summed E-state index contributed by atoms with van der Waals surface area (Å²) in [4.78, 5) is 25.1. The highest BCUT2D eigenvalue weighted by Crippen LogP contribution is 2.60. The second-order valence-corrected chi connectivity index (χ2v) is 9.71. The van der Waals surface area contributed by atoms with Crippen LogP contribution in [0.4, 0.5) is 11.4 Å². The summed E-state index contributed by atoms with van der Waals surface area (Å²) in [6.45, 7) is 3.64. The molecular weight excluding hydrogens is 354 g/mol. The van der Waals surface area contributed by atoms with Gasteiger partial charge >= 0.3 is 0 Å². The molecule has 4 saturated carbocycles. The number of anilines is 1. The van der Waals surface area contributed by atoms with Gasteiger partial charge in [-0.05, 0) is 87.3 Å². The minimum Gasteiger partial charge on any atom is -0.326 e. The molecular formula is C22H31N3O3. The van der Waals surface area contributed by atoms with Crippen LogP contribution in [0.3, 0.4) is 0 Å². The van der Waals surface area contributed by atoms with Crippen molar-refractivity contribution in [2.24, 2.45) is 23.2 Å². The Morgan fingerprint density at radius 1 is 1.21 bits per heavy atom. The van der Waals surface area contributed by atoms with Crippen molar-refractivity contribution in [1.82, 2.24) is 4.90 Å². The number of carbonyl (C=O) groups excluding carboxylic acids is 1. The van der Waals surface area contributed by atoms with Crippen LogP contribution in [0, 0.1) is 40.2 Å². The Morgan fingerprint density at radius 3 is 2.36 bits per heavy atom. The molecule has 0 spiro atoms. The predicted octanol–water partition coefficient (Wildman–Crippen LogP) is 4.38. The molecule has 4 aliphatic rings. The largest absolute Gasteiger partial charge is 0.326 e. The van der Waals surface area contributed by atoms with E-state index in [0.717, 1.165) is 30.8 Å². The first-order valence-electron chi connectivity index (χ1n) is 10.6. The van der Waals surface area contributed by atoms with Crippen LogP contribution >= 0.6 is 0 Å². The molecule has 0 aliphatic heterocycles. The summed E-state index contributed by atoms with van der Waals surface area (Å²) in [5.74, 6) is 2.82. The van der Waals surface area contributed by atoms with E-state index in [4.69, 9.17) is 0 Å². The number of hydrogen-bond donors (Lipinski definition) is 1. The number of carbonyl (C=O) groups is 1. The summed E-state index contributed by atoms with van der Waals surface area (Å²) >= 11 is 0. The molecule has 1 aromatic rings. The lowest BCUT2D eigenvalue weighted by Crippen LogP contribution is -2.50. The van der Waals surface area contributed by atoms with E-state index in [2.05, 4.69) is 17.3 Å². The number of nitro benzene ring substituents is 1. The van der Waals surface area contributed by atoms with Crippen molar-refractivity contribution < 1.29 is 9.72 Å². The number of aryl methyl sites for hydroxylation is 1. The first kappa shape index (κ1) is 19.4. The number of non-ortho nitro benzene ring substituents is 1. The molecule has 0 heterocycles. The molecule has 0 atom stereocenters. The average Bonchev–Trinajstić information content (AvgIpc) is 2.60. The number of amides is 1. The highest BCUT2D eigenvalue weighted by atomic mass is 16.6. The van der Waals surface area contributed by atoms with Crippen LogP contribution in [0.15, 0.2) is 18.2 Å². The number of nitro groups is 1. The molecule has 1 amide bonds. The van der Waals surface area contributed by atoms with E-state index in [1.54, 1.807) is 13.0 Å². The normalized spacial score (nSPS) is 30.6. The van der Waals surface area contributed by atoms with Gasteiger partial charge in [-0.1, -0.05) is 0 Å². The van der Waals surface area contributed by atoms with E-state index in [-0.39, 0.29) is 11.6 Å². The van der Waals surface area contributed by atoms with E-state index >= 15 is 0 Å². The third kappa shape index (κ3) is 4.07. The van der Waals surface area contributed by atoms with Gasteiger partial charge in [0.25, 0.3) is 5.69 Å². The molecule has 1 aromatic carbocycles. The number of benzene rings is 1. The molecule has 6 nitrogen and oxygen atoms in total. The van der Waals surface area contributed by atoms with Crippen molar-refractivity contribution in [1.29, 1.82) is 0 Å². The summed E-state index contributed by atoms with van der Waals surface area (Å²) in [5.41, 5.74) is 1.91. The molecule has 0 saturated heterocycles. The molecule has 4 aliphatic carbocycles. The second kappa shape index (κ2) is 7.47. The van der Waals surface area contributed by atoms with Crippen LogP contribution in [-0.4, -0.2) is 35.9 Å². The van der Waals surface area contributed by atoms with Crippen molar-refractivity contribution in [3.63, 3.8) is 0 Å². The maximum atomic E-state index is 12.4. The molecule has 28 heavy (non-hydrogen) atoms. The van der Waals surface area contributed by atoms with Gasteiger partial charge in [0.2, 0.25) is 5.91 Å². The molecule has 0 unspecified atom stereocenters. The lowest BCUT2D eigenvalue weighted by Gasteiger charge is -2.57. The van der Waals surface area contributed by atoms with Gasteiger partial charge in [0.05, 0.1) is 4.92 Å². The molecule has 152 valence electrons. The van der Waals surface area contributed by atoms with Crippen LogP contribution in [-0.2, 0) is 4.79 Å². The lowest BCUT2D eigenvalue weighted by atomic mass is 9.49. The van der Waals surface area contributed by atoms with Crippen LogP contribution < -0.4 is 5.32 Å². The van der Waals surface area contributed by atoms with Gasteiger partial charge in [0.15, 0.2) is 0 Å². The molecule has 4 fully saturated rings. The van der Waals surface area contributed by atoms with Gasteiger partial charge in [-0.25, -0.2) is 0 Å². The molecule has 1 N–H and O–H groups in total. The molecule has 0 aromatic heterocycles. The summed E-state index contributed by atoms with van der Waals surface area (Å²) in [7, 11) is 2.14. The maximum absolute atomic E-state index is 12.4. The van der Waals surface area contributed by atoms with Crippen molar-refractivity contribution in [3.05, 3.63) is 33.9 Å². The SMILES string of the molecule is Cc1cc([N+](=O)[O-])ccc1NC(=O)CCN(C)CC12CC3CC(CC(C3)C1)C2. The first-order valence-corrected chi connectivity index (χ1v) is 10.6. The van der Waals surface area contributed by atoms with Crippen molar-refractivity contribution in [3.8, 4) is 0 Å². The zero-order valence-corrected chi connectivity index (χ0v) is 16.9. The number of nitrogens with one attached hydrogen (secondary N) is 1. The maximum Gasteiger partial charge on any atom is 0.269 e. The molecule has 6 heteroatoms. The molecule has 0 radical (unpaired) electrons. The first-order chi connectivity index (χ1) is 13.3. The van der Waals surface area contributed by atoms with E-state index in [1.165, 1.54) is 50.7 Å². The van der Waals surface area contributed by atoms with Crippen LogP contribution in [0.25, 0.3) is 0 Å². The van der Waals surface area contributed by atoms with Crippen LogP contribution in [0.2, 0.25) is 0 Å². The highest BCUT2D eigenvalue weighted by Gasteiger charge is 2.50. The molecule has 5 rings (SSSR count).